The molecule has 88 valence electrons. The van der Waals surface area contributed by atoms with Gasteiger partial charge in [-0.05, 0) is 35.0 Å². The molecular weight excluding hydrogens is 282 g/mol. The van der Waals surface area contributed by atoms with Crippen LogP contribution in [0.1, 0.15) is 11.4 Å². The molecule has 0 atom stereocenters. The zero-order valence-corrected chi connectivity index (χ0v) is 10.9. The van der Waals surface area contributed by atoms with Gasteiger partial charge in [-0.25, -0.2) is 4.98 Å². The van der Waals surface area contributed by atoms with Gasteiger partial charge in [0.2, 0.25) is 5.95 Å². The first-order valence-electron chi connectivity index (χ1n) is 5.09. The van der Waals surface area contributed by atoms with Crippen molar-refractivity contribution >= 4 is 27.7 Å². The largest absolute Gasteiger partial charge is 0.368 e. The normalized spacial score (nSPS) is 10.2. The Kier molecular flexibility index (Phi) is 3.53. The van der Waals surface area contributed by atoms with E-state index in [1.165, 1.54) is 0 Å². The molecule has 0 fully saturated rings. The Morgan fingerprint density at radius 1 is 1.35 bits per heavy atom. The molecule has 0 radical (unpaired) electrons. The number of aryl methyl sites for hydroxylation is 1. The second-order valence-electron chi connectivity index (χ2n) is 3.55. The maximum atomic E-state index is 5.52. The van der Waals surface area contributed by atoms with Crippen LogP contribution in [0.2, 0.25) is 0 Å². The summed E-state index contributed by atoms with van der Waals surface area (Å²) in [5, 5.41) is 3.16. The highest BCUT2D eigenvalue weighted by atomic mass is 79.9. The fourth-order valence-corrected chi connectivity index (χ4v) is 1.71. The predicted octanol–water partition coefficient (Wildman–Crippen LogP) is 2.14. The maximum Gasteiger partial charge on any atom is 0.221 e. The molecule has 2 rings (SSSR count). The van der Waals surface area contributed by atoms with Crippen molar-refractivity contribution in [2.24, 2.45) is 0 Å². The summed E-state index contributed by atoms with van der Waals surface area (Å²) >= 11 is 3.35. The first-order chi connectivity index (χ1) is 8.15. The molecule has 0 saturated carbocycles. The molecule has 0 aliphatic carbocycles. The van der Waals surface area contributed by atoms with Crippen molar-refractivity contribution in [2.45, 2.75) is 13.5 Å². The summed E-state index contributed by atoms with van der Waals surface area (Å²) in [5.41, 5.74) is 7.47. The topological polar surface area (TPSA) is 76.7 Å². The zero-order chi connectivity index (χ0) is 12.3. The van der Waals surface area contributed by atoms with Gasteiger partial charge < -0.3 is 11.1 Å². The fourth-order valence-electron chi connectivity index (χ4n) is 1.38. The summed E-state index contributed by atoms with van der Waals surface area (Å²) in [4.78, 5) is 12.4. The van der Waals surface area contributed by atoms with Crippen LogP contribution in [0.5, 0.6) is 0 Å². The van der Waals surface area contributed by atoms with Crippen molar-refractivity contribution in [2.75, 3.05) is 11.1 Å². The number of rotatable bonds is 3. The number of nitrogens with two attached hydrogens (primary N) is 1. The van der Waals surface area contributed by atoms with Crippen molar-refractivity contribution in [3.05, 3.63) is 40.3 Å². The molecule has 0 unspecified atom stereocenters. The minimum Gasteiger partial charge on any atom is -0.368 e. The second-order valence-corrected chi connectivity index (χ2v) is 4.40. The number of hydrogen-bond acceptors (Lipinski definition) is 5. The Balaban J connectivity index is 2.09. The number of hydrogen-bond donors (Lipinski definition) is 2. The maximum absolute atomic E-state index is 5.52. The van der Waals surface area contributed by atoms with Gasteiger partial charge in [0, 0.05) is 11.9 Å². The third-order valence-corrected chi connectivity index (χ3v) is 2.73. The van der Waals surface area contributed by atoms with Crippen LogP contribution in [-0.4, -0.2) is 15.0 Å². The standard InChI is InChI=1S/C11H12BrN5/c1-7-3-2-4-8(16-7)5-14-10-9(12)6-15-11(13)17-10/h2-4,6H,5H2,1H3,(H3,13,14,15,17). The van der Waals surface area contributed by atoms with Crippen molar-refractivity contribution in [1.29, 1.82) is 0 Å². The van der Waals surface area contributed by atoms with E-state index in [-0.39, 0.29) is 5.95 Å². The van der Waals surface area contributed by atoms with Crippen LogP contribution in [0.25, 0.3) is 0 Å². The molecule has 0 aromatic carbocycles. The number of pyridine rings is 1. The summed E-state index contributed by atoms with van der Waals surface area (Å²) in [7, 11) is 0. The zero-order valence-electron chi connectivity index (χ0n) is 9.31. The summed E-state index contributed by atoms with van der Waals surface area (Å²) < 4.78 is 0.777. The lowest BCUT2D eigenvalue weighted by molar-refractivity contribution is 0.997. The van der Waals surface area contributed by atoms with E-state index in [1.54, 1.807) is 6.20 Å². The van der Waals surface area contributed by atoms with E-state index in [0.717, 1.165) is 15.9 Å². The second kappa shape index (κ2) is 5.09. The van der Waals surface area contributed by atoms with E-state index in [4.69, 9.17) is 5.73 Å². The quantitative estimate of drug-likeness (QED) is 0.907. The van der Waals surface area contributed by atoms with Gasteiger partial charge in [-0.2, -0.15) is 4.98 Å². The van der Waals surface area contributed by atoms with E-state index in [1.807, 2.05) is 25.1 Å². The summed E-state index contributed by atoms with van der Waals surface area (Å²) in [5.74, 6) is 0.911. The smallest absolute Gasteiger partial charge is 0.221 e. The lowest BCUT2D eigenvalue weighted by Crippen LogP contribution is -2.06. The number of anilines is 2. The van der Waals surface area contributed by atoms with Gasteiger partial charge in [0.05, 0.1) is 16.7 Å². The molecule has 0 amide bonds. The fraction of sp³-hybridized carbons (Fsp3) is 0.182. The molecule has 0 saturated heterocycles. The van der Waals surface area contributed by atoms with Crippen molar-refractivity contribution < 1.29 is 0 Å². The molecule has 5 nitrogen and oxygen atoms in total. The molecule has 0 aliphatic rings. The Morgan fingerprint density at radius 3 is 2.94 bits per heavy atom. The van der Waals surface area contributed by atoms with Crippen molar-refractivity contribution in [3.63, 3.8) is 0 Å². The highest BCUT2D eigenvalue weighted by Gasteiger charge is 2.03. The summed E-state index contributed by atoms with van der Waals surface area (Å²) in [6.07, 6.45) is 1.62. The number of aromatic nitrogens is 3. The van der Waals surface area contributed by atoms with Crippen LogP contribution >= 0.6 is 15.9 Å². The number of halogens is 1. The molecule has 3 N–H and O–H groups in total. The average Bonchev–Trinajstić information content (AvgIpc) is 2.30. The minimum absolute atomic E-state index is 0.243. The highest BCUT2D eigenvalue weighted by molar-refractivity contribution is 9.10. The number of nitrogen functional groups attached to an aromatic ring is 1. The Bertz CT molecular complexity index is 529. The molecule has 0 aliphatic heterocycles. The van der Waals surface area contributed by atoms with Gasteiger partial charge >= 0.3 is 0 Å². The van der Waals surface area contributed by atoms with Gasteiger partial charge in [0.25, 0.3) is 0 Å². The van der Waals surface area contributed by atoms with Crippen LogP contribution in [-0.2, 0) is 6.54 Å². The highest BCUT2D eigenvalue weighted by Crippen LogP contribution is 2.19. The number of nitrogens with zero attached hydrogens (tertiary/aromatic N) is 3. The van der Waals surface area contributed by atoms with Crippen LogP contribution < -0.4 is 11.1 Å². The molecule has 2 heterocycles. The lowest BCUT2D eigenvalue weighted by Gasteiger charge is -2.07. The van der Waals surface area contributed by atoms with E-state index in [9.17, 15) is 0 Å². The van der Waals surface area contributed by atoms with Gasteiger partial charge in [-0.1, -0.05) is 6.07 Å². The van der Waals surface area contributed by atoms with Gasteiger partial charge in [0.15, 0.2) is 0 Å². The van der Waals surface area contributed by atoms with E-state index >= 15 is 0 Å². The molecule has 0 bridgehead atoms. The minimum atomic E-state index is 0.243. The van der Waals surface area contributed by atoms with Gasteiger partial charge in [-0.3, -0.25) is 4.98 Å². The van der Waals surface area contributed by atoms with Crippen molar-refractivity contribution in [3.8, 4) is 0 Å². The number of nitrogens with one attached hydrogen (secondary N) is 1. The van der Waals surface area contributed by atoms with Crippen LogP contribution in [0.3, 0.4) is 0 Å². The third-order valence-electron chi connectivity index (χ3n) is 2.15. The Labute approximate surface area is 108 Å². The van der Waals surface area contributed by atoms with E-state index in [0.29, 0.717) is 12.4 Å². The monoisotopic (exact) mass is 293 g/mol. The summed E-state index contributed by atoms with van der Waals surface area (Å²) in [6.45, 7) is 2.55. The molecular formula is C11H12BrN5. The lowest BCUT2D eigenvalue weighted by atomic mass is 10.3. The molecule has 6 heteroatoms. The molecule has 17 heavy (non-hydrogen) atoms. The van der Waals surface area contributed by atoms with E-state index in [2.05, 4.69) is 36.2 Å². The van der Waals surface area contributed by atoms with E-state index < -0.39 is 0 Å². The predicted molar refractivity (Wildman–Crippen MR) is 70.4 cm³/mol. The third kappa shape index (κ3) is 3.13. The summed E-state index contributed by atoms with van der Waals surface area (Å²) in [6, 6.07) is 5.89. The first kappa shape index (κ1) is 11.8. The van der Waals surface area contributed by atoms with Crippen LogP contribution in [0.15, 0.2) is 28.9 Å². The average molecular weight is 294 g/mol. The molecule has 2 aromatic rings. The Morgan fingerprint density at radius 2 is 2.18 bits per heavy atom. The van der Waals surface area contributed by atoms with Crippen LogP contribution in [0, 0.1) is 6.92 Å². The first-order valence-corrected chi connectivity index (χ1v) is 5.89. The molecule has 0 spiro atoms. The van der Waals surface area contributed by atoms with Crippen LogP contribution in [0.4, 0.5) is 11.8 Å². The molecule has 2 aromatic heterocycles. The van der Waals surface area contributed by atoms with Gasteiger partial charge in [-0.15, -0.1) is 0 Å². The van der Waals surface area contributed by atoms with Gasteiger partial charge in [0.1, 0.15) is 5.82 Å². The van der Waals surface area contributed by atoms with Crippen molar-refractivity contribution in [1.82, 2.24) is 15.0 Å². The Hall–Kier alpha value is -1.69. The SMILES string of the molecule is Cc1cccc(CNc2nc(N)ncc2Br)n1.